The molecule has 1 aromatic carbocycles. The summed E-state index contributed by atoms with van der Waals surface area (Å²) in [5, 5.41) is 5.51. The number of nitrogens with zero attached hydrogens (tertiary/aromatic N) is 1. The number of nitrogens with one attached hydrogen (secondary N) is 3. The van der Waals surface area contributed by atoms with Gasteiger partial charge in [0.2, 0.25) is 0 Å². The summed E-state index contributed by atoms with van der Waals surface area (Å²) in [6, 6.07) is 2.28. The highest BCUT2D eigenvalue weighted by Gasteiger charge is 2.24. The number of sulfonamides is 1. The number of likely N-dealkylation sites (N-methyl/N-ethyl adjacent to an activating group) is 1. The topological polar surface area (TPSA) is 83.1 Å². The molecular weight excluding hydrogens is 430 g/mol. The number of hydrogen-bond acceptors (Lipinski definition) is 6. The monoisotopic (exact) mass is 450 g/mol. The van der Waals surface area contributed by atoms with E-state index in [4.69, 9.17) is 11.6 Å². The van der Waals surface area contributed by atoms with Crippen molar-refractivity contribution in [2.45, 2.75) is 36.6 Å². The van der Waals surface area contributed by atoms with Crippen LogP contribution in [-0.2, 0) is 10.0 Å². The fraction of sp³-hybridized carbons (Fsp3) is 0.471. The second-order valence-corrected chi connectivity index (χ2v) is 9.76. The molecule has 1 aromatic heterocycles. The average Bonchev–Trinajstić information content (AvgIpc) is 3.38. The van der Waals surface area contributed by atoms with Gasteiger partial charge in [-0.05, 0) is 37.9 Å². The minimum atomic E-state index is -4.29. The van der Waals surface area contributed by atoms with Crippen molar-refractivity contribution in [1.82, 2.24) is 10.3 Å². The first kappa shape index (κ1) is 21.2. The largest absolute Gasteiger partial charge is 0.382 e. The van der Waals surface area contributed by atoms with Crippen LogP contribution in [0.4, 0.5) is 19.6 Å². The van der Waals surface area contributed by atoms with Gasteiger partial charge in [0.1, 0.15) is 10.7 Å². The molecule has 6 nitrogen and oxygen atoms in total. The van der Waals surface area contributed by atoms with Crippen LogP contribution in [0.1, 0.15) is 25.7 Å². The molecule has 154 valence electrons. The van der Waals surface area contributed by atoms with Gasteiger partial charge < -0.3 is 10.6 Å². The molecule has 1 saturated carbocycles. The number of aromatic nitrogens is 1. The molecule has 0 aliphatic heterocycles. The zero-order valence-corrected chi connectivity index (χ0v) is 17.5. The Labute approximate surface area is 171 Å². The second-order valence-electron chi connectivity index (χ2n) is 6.72. The highest BCUT2D eigenvalue weighted by Crippen LogP contribution is 2.34. The minimum absolute atomic E-state index is 0.0733. The number of thiazole rings is 1. The fourth-order valence-corrected chi connectivity index (χ4v) is 4.93. The standard InChI is InChI=1S/C17H21ClF2N4O2S2/c1-21-11(5-4-10-2-3-10)8-22-14-7-13(19)15(6-12(14)18)28(25,26)24-17-23-9-16(20)27-17/h6-7,9-11,21-22H,2-5,8H2,1H3,(H,23,24). The van der Waals surface area contributed by atoms with Gasteiger partial charge in [0.15, 0.2) is 10.3 Å². The number of hydrogen-bond donors (Lipinski definition) is 3. The second kappa shape index (κ2) is 8.89. The Morgan fingerprint density at radius 2 is 2.11 bits per heavy atom. The lowest BCUT2D eigenvalue weighted by Crippen LogP contribution is -2.32. The van der Waals surface area contributed by atoms with Crippen LogP contribution in [-0.4, -0.2) is 33.0 Å². The number of anilines is 2. The van der Waals surface area contributed by atoms with Crippen LogP contribution in [0.5, 0.6) is 0 Å². The van der Waals surface area contributed by atoms with Crippen molar-refractivity contribution in [1.29, 1.82) is 0 Å². The van der Waals surface area contributed by atoms with E-state index in [1.54, 1.807) is 0 Å². The molecule has 0 bridgehead atoms. The molecule has 1 atom stereocenters. The van der Waals surface area contributed by atoms with E-state index in [0.717, 1.165) is 37.1 Å². The average molecular weight is 451 g/mol. The molecular formula is C17H21ClF2N4O2S2. The number of halogens is 3. The predicted molar refractivity (Wildman–Crippen MR) is 108 cm³/mol. The first-order valence-electron chi connectivity index (χ1n) is 8.83. The minimum Gasteiger partial charge on any atom is -0.382 e. The summed E-state index contributed by atoms with van der Waals surface area (Å²) in [7, 11) is -2.42. The molecule has 0 radical (unpaired) electrons. The van der Waals surface area contributed by atoms with E-state index in [0.29, 0.717) is 23.6 Å². The van der Waals surface area contributed by atoms with Gasteiger partial charge >= 0.3 is 0 Å². The summed E-state index contributed by atoms with van der Waals surface area (Å²) in [6.45, 7) is 0.533. The molecule has 1 fully saturated rings. The summed E-state index contributed by atoms with van der Waals surface area (Å²) in [4.78, 5) is 2.94. The van der Waals surface area contributed by atoms with E-state index in [1.807, 2.05) is 11.8 Å². The Morgan fingerprint density at radius 3 is 2.71 bits per heavy atom. The summed E-state index contributed by atoms with van der Waals surface area (Å²) >= 11 is 6.67. The maximum atomic E-state index is 14.5. The number of rotatable bonds is 10. The highest BCUT2D eigenvalue weighted by atomic mass is 35.5. The third kappa shape index (κ3) is 5.53. The van der Waals surface area contributed by atoms with Crippen molar-refractivity contribution in [3.63, 3.8) is 0 Å². The molecule has 3 N–H and O–H groups in total. The van der Waals surface area contributed by atoms with Crippen LogP contribution >= 0.6 is 22.9 Å². The van der Waals surface area contributed by atoms with Gasteiger partial charge in [0.25, 0.3) is 10.0 Å². The Morgan fingerprint density at radius 1 is 1.36 bits per heavy atom. The van der Waals surface area contributed by atoms with Gasteiger partial charge in [-0.3, -0.25) is 4.72 Å². The summed E-state index contributed by atoms with van der Waals surface area (Å²) in [6.07, 6.45) is 5.60. The maximum Gasteiger partial charge on any atom is 0.266 e. The predicted octanol–water partition coefficient (Wildman–Crippen LogP) is 4.07. The van der Waals surface area contributed by atoms with Crippen molar-refractivity contribution >= 4 is 43.8 Å². The first-order valence-corrected chi connectivity index (χ1v) is 11.5. The van der Waals surface area contributed by atoms with Crippen LogP contribution < -0.4 is 15.4 Å². The van der Waals surface area contributed by atoms with E-state index < -0.39 is 25.9 Å². The van der Waals surface area contributed by atoms with Gasteiger partial charge in [-0.1, -0.05) is 35.8 Å². The van der Waals surface area contributed by atoms with Crippen LogP contribution in [0.25, 0.3) is 0 Å². The molecule has 1 aliphatic rings. The van der Waals surface area contributed by atoms with Crippen molar-refractivity contribution < 1.29 is 17.2 Å². The molecule has 28 heavy (non-hydrogen) atoms. The smallest absolute Gasteiger partial charge is 0.266 e. The molecule has 1 aliphatic carbocycles. The van der Waals surface area contributed by atoms with Crippen molar-refractivity contribution in [3.05, 3.63) is 34.3 Å². The SMILES string of the molecule is CNC(CCC1CC1)CNc1cc(F)c(S(=O)(=O)Nc2ncc(F)s2)cc1Cl. The Kier molecular flexibility index (Phi) is 6.74. The molecule has 3 rings (SSSR count). The lowest BCUT2D eigenvalue weighted by atomic mass is 10.1. The van der Waals surface area contributed by atoms with Crippen LogP contribution in [0.15, 0.2) is 23.2 Å². The van der Waals surface area contributed by atoms with Crippen molar-refractivity contribution in [2.75, 3.05) is 23.6 Å². The quantitative estimate of drug-likeness (QED) is 0.508. The third-order valence-electron chi connectivity index (χ3n) is 4.58. The molecule has 1 unspecified atom stereocenters. The summed E-state index contributed by atoms with van der Waals surface area (Å²) < 4.78 is 54.3. The van der Waals surface area contributed by atoms with Crippen molar-refractivity contribution in [2.24, 2.45) is 5.92 Å². The fourth-order valence-electron chi connectivity index (χ4n) is 2.77. The van der Waals surface area contributed by atoms with Gasteiger partial charge in [-0.15, -0.1) is 0 Å². The molecule has 0 amide bonds. The Hall–Kier alpha value is -1.49. The van der Waals surface area contributed by atoms with Gasteiger partial charge in [0.05, 0.1) is 16.9 Å². The molecule has 0 spiro atoms. The van der Waals surface area contributed by atoms with E-state index in [1.165, 1.54) is 12.8 Å². The highest BCUT2D eigenvalue weighted by molar-refractivity contribution is 7.93. The van der Waals surface area contributed by atoms with E-state index >= 15 is 0 Å². The van der Waals surface area contributed by atoms with Gasteiger partial charge in [-0.25, -0.2) is 17.8 Å². The molecule has 11 heteroatoms. The van der Waals surface area contributed by atoms with Crippen LogP contribution in [0, 0.1) is 16.9 Å². The molecule has 1 heterocycles. The Bertz CT molecular complexity index is 935. The number of benzene rings is 1. The summed E-state index contributed by atoms with van der Waals surface area (Å²) in [5.41, 5.74) is 0.310. The van der Waals surface area contributed by atoms with E-state index in [-0.39, 0.29) is 16.2 Å². The zero-order chi connectivity index (χ0) is 20.3. The van der Waals surface area contributed by atoms with Gasteiger partial charge in [0, 0.05) is 12.6 Å². The Balaban J connectivity index is 1.69. The van der Waals surface area contributed by atoms with Gasteiger partial charge in [-0.2, -0.15) is 4.39 Å². The van der Waals surface area contributed by atoms with Crippen LogP contribution in [0.2, 0.25) is 5.02 Å². The van der Waals surface area contributed by atoms with Crippen LogP contribution in [0.3, 0.4) is 0 Å². The zero-order valence-electron chi connectivity index (χ0n) is 15.1. The molecule has 2 aromatic rings. The normalized spacial score (nSPS) is 15.4. The summed E-state index contributed by atoms with van der Waals surface area (Å²) in [5.74, 6) is -0.143. The lowest BCUT2D eigenvalue weighted by Gasteiger charge is -2.18. The molecule has 0 saturated heterocycles. The van der Waals surface area contributed by atoms with E-state index in [9.17, 15) is 17.2 Å². The maximum absolute atomic E-state index is 14.5. The van der Waals surface area contributed by atoms with E-state index in [2.05, 4.69) is 15.6 Å². The lowest BCUT2D eigenvalue weighted by molar-refractivity contribution is 0.504. The first-order chi connectivity index (χ1) is 13.3. The van der Waals surface area contributed by atoms with Crippen molar-refractivity contribution in [3.8, 4) is 0 Å². The third-order valence-corrected chi connectivity index (χ3v) is 7.07.